The molecule has 0 saturated heterocycles. The molecule has 2 N–H and O–H groups in total. The normalized spacial score (nSPS) is 10.9. The van der Waals surface area contributed by atoms with Gasteiger partial charge in [-0.05, 0) is 48.0 Å². The average molecular weight is 710 g/mol. The van der Waals surface area contributed by atoms with Crippen molar-refractivity contribution in [3.63, 3.8) is 0 Å². The number of aromatic nitrogens is 7. The first-order valence-electron chi connectivity index (χ1n) is 13.4. The minimum Gasteiger partial charge on any atom is -0.495 e. The number of hydrogen-bond donors (Lipinski definition) is 2. The number of nitrogens with one attached hydrogen (secondary N) is 2. The predicted octanol–water partition coefficient (Wildman–Crippen LogP) is 8.52. The van der Waals surface area contributed by atoms with Gasteiger partial charge in [-0.1, -0.05) is 33.8 Å². The van der Waals surface area contributed by atoms with Gasteiger partial charge >= 0.3 is 0 Å². The molecule has 14 heteroatoms. The lowest BCUT2D eigenvalue weighted by atomic mass is 10.1. The monoisotopic (exact) mass is 709 g/mol. The van der Waals surface area contributed by atoms with E-state index in [9.17, 15) is 8.78 Å². The molecule has 5 rings (SSSR count). The van der Waals surface area contributed by atoms with Crippen molar-refractivity contribution in [2.45, 2.75) is 48.0 Å². The van der Waals surface area contributed by atoms with E-state index in [2.05, 4.69) is 35.6 Å². The first-order valence-corrected chi connectivity index (χ1v) is 17.4. The number of alkyl halides is 2. The maximum atomic E-state index is 13.9. The quantitative estimate of drug-likeness (QED) is 0.122. The summed E-state index contributed by atoms with van der Waals surface area (Å²) in [7, 11) is 3.48. The van der Waals surface area contributed by atoms with Gasteiger partial charge in [0.1, 0.15) is 22.9 Å². The highest BCUT2D eigenvalue weighted by molar-refractivity contribution is 14.2. The summed E-state index contributed by atoms with van der Waals surface area (Å²) in [5, 5.41) is 6.47. The van der Waals surface area contributed by atoms with Gasteiger partial charge in [0.15, 0.2) is 11.5 Å². The summed E-state index contributed by atoms with van der Waals surface area (Å²) in [5.41, 5.74) is 5.18. The minimum atomic E-state index is -2.76. The Kier molecular flexibility index (Phi) is 11.9. The van der Waals surface area contributed by atoms with Crippen LogP contribution in [0, 0.1) is 13.8 Å². The lowest BCUT2D eigenvalue weighted by molar-refractivity contribution is 0.140. The number of imidazole rings is 2. The molecule has 0 radical (unpaired) electrons. The number of halogens is 3. The zero-order chi connectivity index (χ0) is 31.0. The Bertz CT molecular complexity index is 1640. The van der Waals surface area contributed by atoms with Crippen LogP contribution in [0.25, 0.3) is 22.4 Å². The first-order chi connectivity index (χ1) is 20.3. The van der Waals surface area contributed by atoms with E-state index in [0.717, 1.165) is 22.6 Å². The second-order valence-corrected chi connectivity index (χ2v) is 10.5. The second kappa shape index (κ2) is 15.1. The van der Waals surface area contributed by atoms with Gasteiger partial charge in [0.2, 0.25) is 0 Å². The van der Waals surface area contributed by atoms with Crippen molar-refractivity contribution >= 4 is 62.6 Å². The summed E-state index contributed by atoms with van der Waals surface area (Å²) >= 11 is 2.05. The molecular weight excluding hydrogens is 674 g/mol. The summed E-state index contributed by atoms with van der Waals surface area (Å²) in [6, 6.07) is 7.38. The van der Waals surface area contributed by atoms with Crippen molar-refractivity contribution < 1.29 is 13.5 Å². The van der Waals surface area contributed by atoms with Gasteiger partial charge in [-0.15, -0.1) is 0 Å². The molecule has 4 heterocycles. The molecular formula is C28H35F2IN9OP. The van der Waals surface area contributed by atoms with E-state index in [1.807, 2.05) is 93.4 Å². The van der Waals surface area contributed by atoms with E-state index in [-0.39, 0.29) is 12.2 Å². The molecule has 4 aromatic heterocycles. The topological polar surface area (TPSA) is 108 Å². The number of methoxy groups -OCH3 is 1. The molecule has 42 heavy (non-hydrogen) atoms. The Morgan fingerprint density at radius 1 is 0.929 bits per heavy atom. The molecule has 0 aliphatic carbocycles. The Hall–Kier alpha value is -3.45. The summed E-state index contributed by atoms with van der Waals surface area (Å²) < 4.78 is 36.7. The SMILES string of the molecule is CC.CC.COc1cc(-c2cncn2C)ccc1Nc1cc(Nc2cnc(C)c(C)n2)nc2c1nc(C(F)F)n2PI. The van der Waals surface area contributed by atoms with Gasteiger partial charge in [0.05, 0.1) is 60.7 Å². The third-order valence-electron chi connectivity index (χ3n) is 5.95. The second-order valence-electron chi connectivity index (χ2n) is 8.40. The molecule has 0 aliphatic heterocycles. The molecule has 1 atom stereocenters. The molecule has 5 aromatic rings. The van der Waals surface area contributed by atoms with Gasteiger partial charge in [-0.3, -0.25) is 9.32 Å². The molecule has 0 aliphatic rings. The number of aryl methyl sites for hydroxylation is 3. The number of anilines is 4. The van der Waals surface area contributed by atoms with Crippen molar-refractivity contribution in [2.24, 2.45) is 7.05 Å². The molecule has 10 nitrogen and oxygen atoms in total. The largest absolute Gasteiger partial charge is 0.495 e. The highest BCUT2D eigenvalue weighted by Gasteiger charge is 2.23. The lowest BCUT2D eigenvalue weighted by Crippen LogP contribution is -2.03. The van der Waals surface area contributed by atoms with Crippen LogP contribution in [0.2, 0.25) is 0 Å². The minimum absolute atomic E-state index is 0.0283. The number of hydrogen-bond acceptors (Lipinski definition) is 8. The van der Waals surface area contributed by atoms with Crippen LogP contribution in [-0.2, 0) is 7.05 Å². The first kappa shape index (κ1) is 33.1. The van der Waals surface area contributed by atoms with Crippen LogP contribution in [0.1, 0.15) is 51.3 Å². The number of pyridine rings is 1. The number of rotatable bonds is 8. The highest BCUT2D eigenvalue weighted by atomic mass is 127. The van der Waals surface area contributed by atoms with Crippen LogP contribution in [-0.4, -0.2) is 40.9 Å². The summed E-state index contributed by atoms with van der Waals surface area (Å²) in [5.74, 6) is 1.11. The van der Waals surface area contributed by atoms with Crippen LogP contribution >= 0.6 is 28.4 Å². The molecule has 0 fully saturated rings. The van der Waals surface area contributed by atoms with Crippen molar-refractivity contribution in [3.8, 4) is 17.0 Å². The molecule has 224 valence electrons. The molecule has 0 spiro atoms. The van der Waals surface area contributed by atoms with Crippen LogP contribution in [0.4, 0.5) is 31.8 Å². The van der Waals surface area contributed by atoms with Crippen LogP contribution in [0.5, 0.6) is 5.75 Å². The van der Waals surface area contributed by atoms with E-state index in [0.29, 0.717) is 39.9 Å². The zero-order valence-corrected chi connectivity index (χ0v) is 27.9. The Morgan fingerprint density at radius 2 is 1.67 bits per heavy atom. The van der Waals surface area contributed by atoms with E-state index in [1.165, 1.54) is 4.34 Å². The lowest BCUT2D eigenvalue weighted by Gasteiger charge is -2.15. The van der Waals surface area contributed by atoms with E-state index >= 15 is 0 Å². The molecule has 0 saturated carbocycles. The Labute approximate surface area is 259 Å². The summed E-state index contributed by atoms with van der Waals surface area (Å²) in [6.45, 7) is 11.7. The maximum absolute atomic E-state index is 13.9. The molecule has 1 aromatic carbocycles. The number of nitrogens with zero attached hydrogens (tertiary/aromatic N) is 7. The van der Waals surface area contributed by atoms with Crippen molar-refractivity contribution in [2.75, 3.05) is 17.7 Å². The Balaban J connectivity index is 0.00000116. The fourth-order valence-corrected chi connectivity index (χ4v) is 5.82. The molecule has 0 amide bonds. The zero-order valence-electron chi connectivity index (χ0n) is 24.8. The van der Waals surface area contributed by atoms with Gasteiger partial charge < -0.3 is 19.9 Å². The fraction of sp³-hybridized carbons (Fsp3) is 0.321. The van der Waals surface area contributed by atoms with Gasteiger partial charge in [-0.2, -0.15) is 0 Å². The average Bonchev–Trinajstić information content (AvgIpc) is 3.61. The third-order valence-corrected chi connectivity index (χ3v) is 8.01. The number of fused-ring (bicyclic) bond motifs is 1. The fourth-order valence-electron chi connectivity index (χ4n) is 3.92. The number of ether oxygens (including phenoxy) is 1. The van der Waals surface area contributed by atoms with E-state index < -0.39 is 6.43 Å². The van der Waals surface area contributed by atoms with Gasteiger partial charge in [-0.25, -0.2) is 28.7 Å². The van der Waals surface area contributed by atoms with E-state index in [1.54, 1.807) is 31.9 Å². The van der Waals surface area contributed by atoms with Crippen molar-refractivity contribution in [1.82, 2.24) is 33.8 Å². The maximum Gasteiger partial charge on any atom is 0.295 e. The smallest absolute Gasteiger partial charge is 0.295 e. The van der Waals surface area contributed by atoms with Gasteiger partial charge in [0.25, 0.3) is 6.43 Å². The third kappa shape index (κ3) is 7.12. The van der Waals surface area contributed by atoms with Crippen LogP contribution in [0.15, 0.2) is 43.0 Å². The number of benzene rings is 1. The van der Waals surface area contributed by atoms with Crippen LogP contribution < -0.4 is 15.4 Å². The summed E-state index contributed by atoms with van der Waals surface area (Å²) in [6.07, 6.45) is 2.31. The Morgan fingerprint density at radius 3 is 2.26 bits per heavy atom. The molecule has 1 unspecified atom stereocenters. The predicted molar refractivity (Wildman–Crippen MR) is 176 cm³/mol. The standard InChI is InChI=1S/C24H23F2IN9OP.2C2H6/c1-12-13(2)30-20(10-29-12)32-19-8-16(21-23(33-19)36(38-27)24(34-21)22(25)26)31-15-6-5-14(7-18(15)37-4)17-9-28-11-35(17)3;2*1-2/h5-11,22,38H,1-4H3,(H2,30,31,32,33);2*1-2H3. The van der Waals surface area contributed by atoms with Crippen molar-refractivity contribution in [3.05, 3.63) is 60.2 Å². The van der Waals surface area contributed by atoms with Crippen LogP contribution in [0.3, 0.4) is 0 Å². The van der Waals surface area contributed by atoms with Crippen molar-refractivity contribution in [1.29, 1.82) is 0 Å². The van der Waals surface area contributed by atoms with E-state index in [4.69, 9.17) is 4.74 Å². The molecule has 0 bridgehead atoms. The summed E-state index contributed by atoms with van der Waals surface area (Å²) in [4.78, 5) is 21.9. The van der Waals surface area contributed by atoms with Gasteiger partial charge in [0, 0.05) is 18.7 Å². The highest BCUT2D eigenvalue weighted by Crippen LogP contribution is 2.40.